The molecule has 0 spiro atoms. The fourth-order valence-corrected chi connectivity index (χ4v) is 2.58. The number of benzene rings is 2. The molecule has 0 aliphatic carbocycles. The summed E-state index contributed by atoms with van der Waals surface area (Å²) in [4.78, 5) is 2.09. The molecule has 2 aromatic carbocycles. The van der Waals surface area contributed by atoms with Crippen molar-refractivity contribution in [3.63, 3.8) is 0 Å². The van der Waals surface area contributed by atoms with E-state index in [9.17, 15) is 0 Å². The average Bonchev–Trinajstić information content (AvgIpc) is 2.34. The van der Waals surface area contributed by atoms with E-state index in [4.69, 9.17) is 16.9 Å². The Morgan fingerprint density at radius 3 is 2.47 bits per heavy atom. The van der Waals surface area contributed by atoms with Crippen LogP contribution in [0.3, 0.4) is 0 Å². The molecule has 3 heteroatoms. The first kappa shape index (κ1) is 12.0. The Labute approximate surface area is 110 Å². The summed E-state index contributed by atoms with van der Waals surface area (Å²) in [6.07, 6.45) is 0. The van der Waals surface area contributed by atoms with Crippen LogP contribution in [0.4, 0.5) is 0 Å². The van der Waals surface area contributed by atoms with Gasteiger partial charge < -0.3 is 0 Å². The van der Waals surface area contributed by atoms with Crippen molar-refractivity contribution in [1.82, 2.24) is 0 Å². The van der Waals surface area contributed by atoms with Crippen molar-refractivity contribution in [3.05, 3.63) is 58.6 Å². The summed E-state index contributed by atoms with van der Waals surface area (Å²) in [5, 5.41) is 9.80. The zero-order chi connectivity index (χ0) is 12.3. The van der Waals surface area contributed by atoms with Crippen molar-refractivity contribution >= 4 is 23.4 Å². The SMILES string of the molecule is Cc1cccc(C#N)c1Sc1ccc(Cl)cc1. The van der Waals surface area contributed by atoms with Gasteiger partial charge in [-0.3, -0.25) is 0 Å². The highest BCUT2D eigenvalue weighted by Crippen LogP contribution is 2.33. The lowest BCUT2D eigenvalue weighted by molar-refractivity contribution is 1.26. The van der Waals surface area contributed by atoms with Gasteiger partial charge in [0.2, 0.25) is 0 Å². The van der Waals surface area contributed by atoms with E-state index in [0.717, 1.165) is 20.4 Å². The maximum Gasteiger partial charge on any atom is 0.100 e. The lowest BCUT2D eigenvalue weighted by Crippen LogP contribution is -1.85. The standard InChI is InChI=1S/C14H10ClNS/c1-10-3-2-4-11(9-16)14(10)17-13-7-5-12(15)6-8-13/h2-8H,1H3. The summed E-state index contributed by atoms with van der Waals surface area (Å²) in [5.74, 6) is 0. The molecule has 0 fully saturated rings. The first-order valence-corrected chi connectivity index (χ1v) is 6.33. The zero-order valence-electron chi connectivity index (χ0n) is 9.27. The predicted octanol–water partition coefficient (Wildman–Crippen LogP) is 4.67. The van der Waals surface area contributed by atoms with Crippen molar-refractivity contribution in [3.8, 4) is 6.07 Å². The molecule has 0 aliphatic heterocycles. The molecule has 0 saturated heterocycles. The minimum Gasteiger partial charge on any atom is -0.192 e. The molecule has 84 valence electrons. The molecule has 2 aromatic rings. The van der Waals surface area contributed by atoms with Crippen molar-refractivity contribution < 1.29 is 0 Å². The number of halogens is 1. The van der Waals surface area contributed by atoms with E-state index in [0.29, 0.717) is 5.56 Å². The van der Waals surface area contributed by atoms with E-state index in [-0.39, 0.29) is 0 Å². The van der Waals surface area contributed by atoms with Gasteiger partial charge in [-0.25, -0.2) is 0 Å². The number of hydrogen-bond donors (Lipinski definition) is 0. The number of nitriles is 1. The summed E-state index contributed by atoms with van der Waals surface area (Å²) >= 11 is 7.44. The molecule has 0 amide bonds. The van der Waals surface area contributed by atoms with Gasteiger partial charge in [-0.2, -0.15) is 5.26 Å². The Hall–Kier alpha value is -1.43. The molecule has 0 unspecified atom stereocenters. The van der Waals surface area contributed by atoms with Crippen LogP contribution in [0, 0.1) is 18.3 Å². The molecule has 0 bridgehead atoms. The van der Waals surface area contributed by atoms with Gasteiger partial charge in [0, 0.05) is 14.8 Å². The van der Waals surface area contributed by atoms with Gasteiger partial charge in [-0.1, -0.05) is 35.5 Å². The summed E-state index contributed by atoms with van der Waals surface area (Å²) in [7, 11) is 0. The highest BCUT2D eigenvalue weighted by Gasteiger charge is 2.06. The number of rotatable bonds is 2. The van der Waals surface area contributed by atoms with Crippen LogP contribution in [-0.4, -0.2) is 0 Å². The quantitative estimate of drug-likeness (QED) is 0.782. The van der Waals surface area contributed by atoms with Crippen LogP contribution in [-0.2, 0) is 0 Å². The zero-order valence-corrected chi connectivity index (χ0v) is 10.8. The third kappa shape index (κ3) is 2.82. The van der Waals surface area contributed by atoms with Crippen LogP contribution in [0.15, 0.2) is 52.3 Å². The fraction of sp³-hybridized carbons (Fsp3) is 0.0714. The van der Waals surface area contributed by atoms with Crippen LogP contribution in [0.25, 0.3) is 0 Å². The fourth-order valence-electron chi connectivity index (χ4n) is 1.50. The minimum absolute atomic E-state index is 0.713. The molecule has 1 nitrogen and oxygen atoms in total. The molecule has 0 radical (unpaired) electrons. The lowest BCUT2D eigenvalue weighted by Gasteiger charge is -2.07. The van der Waals surface area contributed by atoms with E-state index in [1.165, 1.54) is 0 Å². The molecule has 17 heavy (non-hydrogen) atoms. The summed E-state index contributed by atoms with van der Waals surface area (Å²) < 4.78 is 0. The van der Waals surface area contributed by atoms with Gasteiger partial charge in [0.05, 0.1) is 5.56 Å². The van der Waals surface area contributed by atoms with Crippen molar-refractivity contribution in [2.75, 3.05) is 0 Å². The van der Waals surface area contributed by atoms with Crippen molar-refractivity contribution in [1.29, 1.82) is 5.26 Å². The highest BCUT2D eigenvalue weighted by atomic mass is 35.5. The Bertz CT molecular complexity index is 570. The van der Waals surface area contributed by atoms with Crippen molar-refractivity contribution in [2.24, 2.45) is 0 Å². The second-order valence-corrected chi connectivity index (χ2v) is 5.14. The second kappa shape index (κ2) is 5.27. The predicted molar refractivity (Wildman–Crippen MR) is 71.5 cm³/mol. The Kier molecular flexibility index (Phi) is 3.73. The van der Waals surface area contributed by atoms with Crippen LogP contribution in [0.1, 0.15) is 11.1 Å². The van der Waals surface area contributed by atoms with Gasteiger partial charge in [0.1, 0.15) is 6.07 Å². The number of nitrogens with zero attached hydrogens (tertiary/aromatic N) is 1. The van der Waals surface area contributed by atoms with Gasteiger partial charge >= 0.3 is 0 Å². The average molecular weight is 260 g/mol. The third-order valence-corrected chi connectivity index (χ3v) is 3.87. The number of aryl methyl sites for hydroxylation is 1. The third-order valence-electron chi connectivity index (χ3n) is 2.37. The maximum atomic E-state index is 9.08. The highest BCUT2D eigenvalue weighted by molar-refractivity contribution is 7.99. The van der Waals surface area contributed by atoms with Crippen molar-refractivity contribution in [2.45, 2.75) is 16.7 Å². The van der Waals surface area contributed by atoms with Crippen LogP contribution in [0.2, 0.25) is 5.02 Å². The topological polar surface area (TPSA) is 23.8 Å². The Morgan fingerprint density at radius 1 is 1.12 bits per heavy atom. The second-order valence-electron chi connectivity index (χ2n) is 3.62. The first-order chi connectivity index (χ1) is 8.20. The summed E-state index contributed by atoms with van der Waals surface area (Å²) in [6, 6.07) is 15.6. The molecule has 0 heterocycles. The van der Waals surface area contributed by atoms with Crippen LogP contribution < -0.4 is 0 Å². The van der Waals surface area contributed by atoms with Crippen LogP contribution in [0.5, 0.6) is 0 Å². The molecular formula is C14H10ClNS. The maximum absolute atomic E-state index is 9.08. The molecule has 0 atom stereocenters. The number of hydrogen-bond acceptors (Lipinski definition) is 2. The van der Waals surface area contributed by atoms with Gasteiger partial charge in [0.15, 0.2) is 0 Å². The molecule has 0 saturated carbocycles. The monoisotopic (exact) mass is 259 g/mol. The van der Waals surface area contributed by atoms with E-state index >= 15 is 0 Å². The van der Waals surface area contributed by atoms with E-state index in [1.54, 1.807) is 11.8 Å². The van der Waals surface area contributed by atoms with Gasteiger partial charge in [-0.05, 0) is 42.8 Å². The van der Waals surface area contributed by atoms with E-state index < -0.39 is 0 Å². The Morgan fingerprint density at radius 2 is 1.82 bits per heavy atom. The van der Waals surface area contributed by atoms with E-state index in [2.05, 4.69) is 6.07 Å². The van der Waals surface area contributed by atoms with E-state index in [1.807, 2.05) is 49.4 Å². The molecule has 0 aromatic heterocycles. The van der Waals surface area contributed by atoms with Gasteiger partial charge in [0.25, 0.3) is 0 Å². The molecule has 0 aliphatic rings. The summed E-state index contributed by atoms with van der Waals surface area (Å²) in [6.45, 7) is 2.01. The largest absolute Gasteiger partial charge is 0.192 e. The van der Waals surface area contributed by atoms with Crippen LogP contribution >= 0.6 is 23.4 Å². The normalized spacial score (nSPS) is 9.94. The molecule has 2 rings (SSSR count). The smallest absolute Gasteiger partial charge is 0.100 e. The Balaban J connectivity index is 2.36. The summed E-state index contributed by atoms with van der Waals surface area (Å²) in [5.41, 5.74) is 1.83. The first-order valence-electron chi connectivity index (χ1n) is 5.14. The molecule has 0 N–H and O–H groups in total. The minimum atomic E-state index is 0.713. The lowest BCUT2D eigenvalue weighted by atomic mass is 10.1. The molecular weight excluding hydrogens is 250 g/mol. The van der Waals surface area contributed by atoms with Gasteiger partial charge in [-0.15, -0.1) is 0 Å².